The van der Waals surface area contributed by atoms with Crippen molar-refractivity contribution in [3.05, 3.63) is 29.3 Å². The zero-order chi connectivity index (χ0) is 12.2. The minimum Gasteiger partial charge on any atom is -0.318 e. The molecule has 1 rings (SSSR count). The molecule has 0 heterocycles. The highest BCUT2D eigenvalue weighted by Gasteiger charge is 2.19. The summed E-state index contributed by atoms with van der Waals surface area (Å²) in [5, 5.41) is 2.91. The van der Waals surface area contributed by atoms with Crippen LogP contribution in [-0.4, -0.2) is 27.3 Å². The molecule has 2 N–H and O–H groups in total. The van der Waals surface area contributed by atoms with Gasteiger partial charge in [-0.25, -0.2) is 8.42 Å². The smallest absolute Gasteiger partial charge is 0.236 e. The predicted octanol–water partition coefficient (Wildman–Crippen LogP) is 1.69. The molecule has 0 aliphatic heterocycles. The number of sulfonamides is 1. The molecular weight excluding hydrogens is 248 g/mol. The first-order valence-electron chi connectivity index (χ1n) is 4.87. The largest absolute Gasteiger partial charge is 0.318 e. The Hall–Kier alpha value is -0.780. The van der Waals surface area contributed by atoms with Crippen LogP contribution in [0.25, 0.3) is 0 Å². The van der Waals surface area contributed by atoms with Crippen LogP contribution in [0.2, 0.25) is 5.02 Å². The first-order chi connectivity index (χ1) is 7.45. The zero-order valence-corrected chi connectivity index (χ0v) is 10.8. The summed E-state index contributed by atoms with van der Waals surface area (Å²) in [5.41, 5.74) is 0.521. The highest BCUT2D eigenvalue weighted by atomic mass is 35.5. The molecule has 6 heteroatoms. The van der Waals surface area contributed by atoms with E-state index in [1.165, 1.54) is 0 Å². The van der Waals surface area contributed by atoms with Gasteiger partial charge in [0, 0.05) is 17.3 Å². The molecule has 0 bridgehead atoms. The number of rotatable bonds is 5. The van der Waals surface area contributed by atoms with Gasteiger partial charge < -0.3 is 5.32 Å². The minimum atomic E-state index is -3.34. The van der Waals surface area contributed by atoms with Gasteiger partial charge in [0.1, 0.15) is 0 Å². The van der Waals surface area contributed by atoms with Gasteiger partial charge in [0.2, 0.25) is 10.0 Å². The maximum atomic E-state index is 11.8. The van der Waals surface area contributed by atoms with Crippen LogP contribution in [-0.2, 0) is 10.0 Å². The lowest BCUT2D eigenvalue weighted by atomic mass is 10.3. The molecule has 0 radical (unpaired) electrons. The van der Waals surface area contributed by atoms with E-state index in [0.29, 0.717) is 17.3 Å². The van der Waals surface area contributed by atoms with E-state index >= 15 is 0 Å². The summed E-state index contributed by atoms with van der Waals surface area (Å²) in [5.74, 6) is 0. The number of benzene rings is 1. The molecule has 0 saturated carbocycles. The molecule has 0 amide bonds. The van der Waals surface area contributed by atoms with E-state index in [0.717, 1.165) is 0 Å². The third kappa shape index (κ3) is 3.66. The molecule has 1 unspecified atom stereocenters. The second-order valence-electron chi connectivity index (χ2n) is 3.52. The third-order valence-electron chi connectivity index (χ3n) is 2.13. The van der Waals surface area contributed by atoms with Crippen molar-refractivity contribution in [1.29, 1.82) is 0 Å². The van der Waals surface area contributed by atoms with Crippen LogP contribution >= 0.6 is 11.6 Å². The first kappa shape index (κ1) is 13.3. The van der Waals surface area contributed by atoms with Crippen LogP contribution < -0.4 is 10.0 Å². The van der Waals surface area contributed by atoms with Crippen LogP contribution in [0.4, 0.5) is 5.69 Å². The van der Waals surface area contributed by atoms with E-state index in [2.05, 4.69) is 10.0 Å². The van der Waals surface area contributed by atoms with Crippen molar-refractivity contribution in [2.75, 3.05) is 18.3 Å². The molecule has 0 saturated heterocycles. The second-order valence-corrected chi connectivity index (χ2v) is 6.06. The van der Waals surface area contributed by atoms with E-state index in [-0.39, 0.29) is 0 Å². The van der Waals surface area contributed by atoms with Crippen molar-refractivity contribution in [3.63, 3.8) is 0 Å². The molecule has 0 fully saturated rings. The van der Waals surface area contributed by atoms with E-state index < -0.39 is 15.3 Å². The normalized spacial score (nSPS) is 13.4. The lowest BCUT2D eigenvalue weighted by Gasteiger charge is -2.14. The first-order valence-corrected chi connectivity index (χ1v) is 6.80. The molecule has 1 aromatic rings. The molecule has 90 valence electrons. The summed E-state index contributed by atoms with van der Waals surface area (Å²) in [7, 11) is -1.63. The van der Waals surface area contributed by atoms with Crippen LogP contribution in [0.1, 0.15) is 6.92 Å². The van der Waals surface area contributed by atoms with Crippen molar-refractivity contribution < 1.29 is 8.42 Å². The van der Waals surface area contributed by atoms with Crippen LogP contribution in [0.15, 0.2) is 24.3 Å². The fourth-order valence-electron chi connectivity index (χ4n) is 1.18. The van der Waals surface area contributed by atoms with Gasteiger partial charge in [0.25, 0.3) is 0 Å². The molecular formula is C10H15ClN2O2S. The molecule has 0 spiro atoms. The number of hydrogen-bond donors (Lipinski definition) is 2. The molecule has 0 aliphatic rings. The van der Waals surface area contributed by atoms with E-state index in [1.54, 1.807) is 38.2 Å². The quantitative estimate of drug-likeness (QED) is 0.849. The Morgan fingerprint density at radius 1 is 1.31 bits per heavy atom. The molecule has 0 aliphatic carbocycles. The Kier molecular flexibility index (Phi) is 4.58. The van der Waals surface area contributed by atoms with Crippen LogP contribution in [0.3, 0.4) is 0 Å². The lowest BCUT2D eigenvalue weighted by Crippen LogP contribution is -2.33. The summed E-state index contributed by atoms with van der Waals surface area (Å²) in [6.45, 7) is 2.05. The molecule has 16 heavy (non-hydrogen) atoms. The third-order valence-corrected chi connectivity index (χ3v) is 4.12. The fraction of sp³-hybridized carbons (Fsp3) is 0.400. The fourth-order valence-corrected chi connectivity index (χ4v) is 2.36. The maximum absolute atomic E-state index is 11.8. The summed E-state index contributed by atoms with van der Waals surface area (Å²) < 4.78 is 26.1. The summed E-state index contributed by atoms with van der Waals surface area (Å²) in [4.78, 5) is 0. The number of hydrogen-bond acceptors (Lipinski definition) is 3. The monoisotopic (exact) mass is 262 g/mol. The SMILES string of the molecule is CNCC(C)S(=O)(=O)Nc1ccc(Cl)cc1. The Morgan fingerprint density at radius 2 is 1.88 bits per heavy atom. The number of nitrogens with one attached hydrogen (secondary N) is 2. The van der Waals surface area contributed by atoms with Crippen molar-refractivity contribution >= 4 is 27.3 Å². The van der Waals surface area contributed by atoms with E-state index in [9.17, 15) is 8.42 Å². The van der Waals surface area contributed by atoms with Gasteiger partial charge in [-0.15, -0.1) is 0 Å². The van der Waals surface area contributed by atoms with Gasteiger partial charge in [0.15, 0.2) is 0 Å². The Balaban J connectivity index is 2.76. The van der Waals surface area contributed by atoms with E-state index in [1.807, 2.05) is 0 Å². The zero-order valence-electron chi connectivity index (χ0n) is 9.20. The second kappa shape index (κ2) is 5.52. The Morgan fingerprint density at radius 3 is 2.38 bits per heavy atom. The average Bonchev–Trinajstić information content (AvgIpc) is 2.21. The Labute approximate surface area is 101 Å². The van der Waals surface area contributed by atoms with Gasteiger partial charge in [0.05, 0.1) is 5.25 Å². The molecule has 1 atom stereocenters. The van der Waals surface area contributed by atoms with Crippen molar-refractivity contribution in [2.45, 2.75) is 12.2 Å². The van der Waals surface area contributed by atoms with Gasteiger partial charge in [-0.2, -0.15) is 0 Å². The topological polar surface area (TPSA) is 58.2 Å². The predicted molar refractivity (Wildman–Crippen MR) is 67.4 cm³/mol. The lowest BCUT2D eigenvalue weighted by molar-refractivity contribution is 0.584. The Bertz CT molecular complexity index is 431. The summed E-state index contributed by atoms with van der Waals surface area (Å²) in [6.07, 6.45) is 0. The van der Waals surface area contributed by atoms with Gasteiger partial charge in [-0.05, 0) is 38.2 Å². The van der Waals surface area contributed by atoms with Gasteiger partial charge >= 0.3 is 0 Å². The highest BCUT2D eigenvalue weighted by Crippen LogP contribution is 2.15. The molecule has 1 aromatic carbocycles. The van der Waals surface area contributed by atoms with Gasteiger partial charge in [-0.3, -0.25) is 4.72 Å². The van der Waals surface area contributed by atoms with E-state index in [4.69, 9.17) is 11.6 Å². The molecule has 4 nitrogen and oxygen atoms in total. The van der Waals surface area contributed by atoms with Crippen LogP contribution in [0.5, 0.6) is 0 Å². The van der Waals surface area contributed by atoms with Crippen molar-refractivity contribution in [3.8, 4) is 0 Å². The van der Waals surface area contributed by atoms with Gasteiger partial charge in [-0.1, -0.05) is 11.6 Å². The minimum absolute atomic E-state index is 0.406. The van der Waals surface area contributed by atoms with Crippen LogP contribution in [0, 0.1) is 0 Å². The maximum Gasteiger partial charge on any atom is 0.236 e. The summed E-state index contributed by atoms with van der Waals surface area (Å²) in [6, 6.07) is 6.54. The number of halogens is 1. The average molecular weight is 263 g/mol. The highest BCUT2D eigenvalue weighted by molar-refractivity contribution is 7.93. The molecule has 0 aromatic heterocycles. The van der Waals surface area contributed by atoms with Crippen molar-refractivity contribution in [2.24, 2.45) is 0 Å². The standard InChI is InChI=1S/C10H15ClN2O2S/c1-8(7-12-2)16(14,15)13-10-5-3-9(11)4-6-10/h3-6,8,12-13H,7H2,1-2H3. The van der Waals surface area contributed by atoms with Crippen molar-refractivity contribution in [1.82, 2.24) is 5.32 Å². The summed E-state index contributed by atoms with van der Waals surface area (Å²) >= 11 is 5.71. The number of anilines is 1.